The Morgan fingerprint density at radius 3 is 1.84 bits per heavy atom. The van der Waals surface area contributed by atoms with E-state index in [1.165, 1.54) is 0 Å². The Labute approximate surface area is 143 Å². The van der Waals surface area contributed by atoms with Crippen LogP contribution in [0.15, 0.2) is 36.4 Å². The molecule has 0 N–H and O–H groups in total. The summed E-state index contributed by atoms with van der Waals surface area (Å²) in [6.45, 7) is 3.74. The molecule has 0 amide bonds. The predicted octanol–water partition coefficient (Wildman–Crippen LogP) is 4.35. The van der Waals surface area contributed by atoms with Crippen molar-refractivity contribution in [1.82, 2.24) is 0 Å². The standard InChI is InChI=1S/C19H17F3O3/c1-2-18-9-23-19(24-10-18,25-11-18)14-5-3-12(4-6-14)13-7-15(20)17(22)16(21)8-13/h3-8H,2,9-11H2,1H3. The molecule has 3 aliphatic rings. The molecule has 132 valence electrons. The van der Waals surface area contributed by atoms with E-state index in [-0.39, 0.29) is 11.0 Å². The van der Waals surface area contributed by atoms with Crippen molar-refractivity contribution in [3.63, 3.8) is 0 Å². The lowest BCUT2D eigenvalue weighted by molar-refractivity contribution is -0.480. The van der Waals surface area contributed by atoms with Gasteiger partial charge in [0.2, 0.25) is 0 Å². The van der Waals surface area contributed by atoms with E-state index in [1.807, 2.05) is 0 Å². The highest BCUT2D eigenvalue weighted by molar-refractivity contribution is 5.64. The summed E-state index contributed by atoms with van der Waals surface area (Å²) in [6, 6.07) is 8.71. The van der Waals surface area contributed by atoms with Crippen LogP contribution in [0.3, 0.4) is 0 Å². The molecule has 3 fully saturated rings. The van der Waals surface area contributed by atoms with E-state index in [0.717, 1.165) is 18.6 Å². The number of ether oxygens (including phenoxy) is 3. The van der Waals surface area contributed by atoms with E-state index in [0.29, 0.717) is 30.9 Å². The number of hydrogen-bond donors (Lipinski definition) is 0. The van der Waals surface area contributed by atoms with Crippen molar-refractivity contribution in [1.29, 1.82) is 0 Å². The molecule has 2 bridgehead atoms. The molecule has 3 saturated heterocycles. The van der Waals surface area contributed by atoms with E-state index in [9.17, 15) is 13.2 Å². The first kappa shape index (κ1) is 16.6. The third-order valence-corrected chi connectivity index (χ3v) is 5.01. The number of fused-ring (bicyclic) bond motifs is 3. The van der Waals surface area contributed by atoms with Crippen LogP contribution in [0.2, 0.25) is 0 Å². The summed E-state index contributed by atoms with van der Waals surface area (Å²) >= 11 is 0. The molecule has 3 nitrogen and oxygen atoms in total. The van der Waals surface area contributed by atoms with Crippen LogP contribution < -0.4 is 0 Å². The van der Waals surface area contributed by atoms with Crippen LogP contribution in [0.25, 0.3) is 11.1 Å². The fraction of sp³-hybridized carbons (Fsp3) is 0.368. The Morgan fingerprint density at radius 1 is 0.840 bits per heavy atom. The molecule has 3 heterocycles. The SMILES string of the molecule is CCC12COC(c3ccc(-c4cc(F)c(F)c(F)c4)cc3)(OC1)OC2. The molecular weight excluding hydrogens is 333 g/mol. The number of halogens is 3. The molecule has 25 heavy (non-hydrogen) atoms. The van der Waals surface area contributed by atoms with Crippen LogP contribution in [-0.4, -0.2) is 19.8 Å². The molecule has 0 spiro atoms. The van der Waals surface area contributed by atoms with Crippen molar-refractivity contribution in [2.75, 3.05) is 19.8 Å². The lowest BCUT2D eigenvalue weighted by Gasteiger charge is -2.51. The van der Waals surface area contributed by atoms with Gasteiger partial charge in [0, 0.05) is 11.0 Å². The number of benzene rings is 2. The van der Waals surface area contributed by atoms with Crippen molar-refractivity contribution in [3.05, 3.63) is 59.4 Å². The fourth-order valence-corrected chi connectivity index (χ4v) is 3.14. The van der Waals surface area contributed by atoms with Gasteiger partial charge in [-0.2, -0.15) is 0 Å². The Hall–Kier alpha value is -1.89. The summed E-state index contributed by atoms with van der Waals surface area (Å²) in [5, 5.41) is 0. The molecule has 0 unspecified atom stereocenters. The van der Waals surface area contributed by atoms with Crippen molar-refractivity contribution >= 4 is 0 Å². The summed E-state index contributed by atoms with van der Waals surface area (Å²) in [7, 11) is 0. The third-order valence-electron chi connectivity index (χ3n) is 5.01. The van der Waals surface area contributed by atoms with Crippen molar-refractivity contribution in [2.24, 2.45) is 5.41 Å². The maximum atomic E-state index is 13.4. The monoisotopic (exact) mass is 350 g/mol. The van der Waals surface area contributed by atoms with Crippen LogP contribution in [0, 0.1) is 22.9 Å². The molecule has 0 radical (unpaired) electrons. The van der Waals surface area contributed by atoms with E-state index in [2.05, 4.69) is 6.92 Å². The first-order valence-corrected chi connectivity index (χ1v) is 8.14. The van der Waals surface area contributed by atoms with Crippen molar-refractivity contribution < 1.29 is 27.4 Å². The lowest BCUT2D eigenvalue weighted by Crippen LogP contribution is -2.58. The van der Waals surface area contributed by atoms with Crippen molar-refractivity contribution in [2.45, 2.75) is 19.3 Å². The molecule has 0 aliphatic carbocycles. The Balaban J connectivity index is 1.61. The zero-order chi connectivity index (χ0) is 17.7. The van der Waals surface area contributed by atoms with Crippen LogP contribution >= 0.6 is 0 Å². The summed E-state index contributed by atoms with van der Waals surface area (Å²) in [6.07, 6.45) is 0.906. The number of hydrogen-bond acceptors (Lipinski definition) is 3. The van der Waals surface area contributed by atoms with Gasteiger partial charge in [0.05, 0.1) is 19.8 Å². The van der Waals surface area contributed by atoms with Gasteiger partial charge < -0.3 is 14.2 Å². The van der Waals surface area contributed by atoms with Crippen molar-refractivity contribution in [3.8, 4) is 11.1 Å². The highest BCUT2D eigenvalue weighted by Crippen LogP contribution is 2.45. The maximum Gasteiger partial charge on any atom is 0.312 e. The second-order valence-electron chi connectivity index (χ2n) is 6.61. The Bertz CT molecular complexity index is 757. The molecule has 3 aliphatic heterocycles. The second-order valence-corrected chi connectivity index (χ2v) is 6.61. The van der Waals surface area contributed by atoms with Gasteiger partial charge in [-0.05, 0) is 29.7 Å². The van der Waals surface area contributed by atoms with Gasteiger partial charge in [0.25, 0.3) is 0 Å². The highest BCUT2D eigenvalue weighted by atomic mass is 19.2. The minimum absolute atomic E-state index is 0.0924. The summed E-state index contributed by atoms with van der Waals surface area (Å²) in [5.74, 6) is -5.14. The Morgan fingerprint density at radius 2 is 1.36 bits per heavy atom. The summed E-state index contributed by atoms with van der Waals surface area (Å²) in [4.78, 5) is 0. The minimum atomic E-state index is -1.47. The lowest BCUT2D eigenvalue weighted by atomic mass is 9.85. The van der Waals surface area contributed by atoms with Gasteiger partial charge in [-0.15, -0.1) is 0 Å². The first-order chi connectivity index (χ1) is 12.0. The second kappa shape index (κ2) is 5.83. The third kappa shape index (κ3) is 2.65. The summed E-state index contributed by atoms with van der Waals surface area (Å²) in [5.41, 5.74) is 1.38. The van der Waals surface area contributed by atoms with Crippen LogP contribution in [0.4, 0.5) is 13.2 Å². The van der Waals surface area contributed by atoms with Crippen LogP contribution in [0.1, 0.15) is 18.9 Å². The van der Waals surface area contributed by atoms with Gasteiger partial charge in [0.1, 0.15) is 0 Å². The topological polar surface area (TPSA) is 27.7 Å². The first-order valence-electron chi connectivity index (χ1n) is 8.14. The fourth-order valence-electron chi connectivity index (χ4n) is 3.14. The van der Waals surface area contributed by atoms with Gasteiger partial charge in [-0.1, -0.05) is 31.2 Å². The predicted molar refractivity (Wildman–Crippen MR) is 84.0 cm³/mol. The van der Waals surface area contributed by atoms with Gasteiger partial charge in [-0.3, -0.25) is 0 Å². The summed E-state index contributed by atoms with van der Waals surface area (Å²) < 4.78 is 57.4. The minimum Gasteiger partial charge on any atom is -0.323 e. The van der Waals surface area contributed by atoms with E-state index < -0.39 is 23.4 Å². The zero-order valence-corrected chi connectivity index (χ0v) is 13.7. The highest BCUT2D eigenvalue weighted by Gasteiger charge is 2.52. The Kier molecular flexibility index (Phi) is 3.86. The molecular formula is C19H17F3O3. The molecule has 5 rings (SSSR count). The maximum absolute atomic E-state index is 13.4. The zero-order valence-electron chi connectivity index (χ0n) is 13.7. The average Bonchev–Trinajstić information content (AvgIpc) is 2.67. The smallest absolute Gasteiger partial charge is 0.312 e. The van der Waals surface area contributed by atoms with Gasteiger partial charge >= 0.3 is 5.97 Å². The van der Waals surface area contributed by atoms with E-state index in [4.69, 9.17) is 14.2 Å². The molecule has 0 saturated carbocycles. The van der Waals surface area contributed by atoms with Gasteiger partial charge in [0.15, 0.2) is 17.5 Å². The molecule has 0 atom stereocenters. The largest absolute Gasteiger partial charge is 0.323 e. The quantitative estimate of drug-likeness (QED) is 0.770. The molecule has 2 aromatic carbocycles. The van der Waals surface area contributed by atoms with Crippen LogP contribution in [-0.2, 0) is 20.2 Å². The van der Waals surface area contributed by atoms with Crippen LogP contribution in [0.5, 0.6) is 0 Å². The van der Waals surface area contributed by atoms with Gasteiger partial charge in [-0.25, -0.2) is 13.2 Å². The molecule has 6 heteroatoms. The normalized spacial score (nSPS) is 28.3. The molecule has 2 aromatic rings. The van der Waals surface area contributed by atoms with E-state index >= 15 is 0 Å². The number of rotatable bonds is 3. The molecule has 0 aromatic heterocycles. The average molecular weight is 350 g/mol. The van der Waals surface area contributed by atoms with E-state index in [1.54, 1.807) is 24.3 Å².